The van der Waals surface area contributed by atoms with Crippen molar-refractivity contribution in [2.75, 3.05) is 36.4 Å². The summed E-state index contributed by atoms with van der Waals surface area (Å²) in [4.78, 5) is 17.2. The maximum atomic E-state index is 12.6. The van der Waals surface area contributed by atoms with Crippen molar-refractivity contribution in [2.24, 2.45) is 0 Å². The first-order valence-electron chi connectivity index (χ1n) is 10.2. The Morgan fingerprint density at radius 2 is 1.56 bits per heavy atom. The van der Waals surface area contributed by atoms with E-state index in [1.807, 2.05) is 30.3 Å². The molecule has 32 heavy (non-hydrogen) atoms. The molecule has 1 aliphatic rings. The molecule has 3 aromatic rings. The molecular formula is C24H21Cl4N3O. The molecule has 1 heterocycles. The van der Waals surface area contributed by atoms with Crippen LogP contribution in [-0.4, -0.2) is 37.0 Å². The van der Waals surface area contributed by atoms with Gasteiger partial charge in [-0.2, -0.15) is 0 Å². The summed E-state index contributed by atoms with van der Waals surface area (Å²) in [5, 5.41) is 5.00. The molecule has 0 atom stereocenters. The highest BCUT2D eigenvalue weighted by Crippen LogP contribution is 2.31. The minimum absolute atomic E-state index is 0.314. The van der Waals surface area contributed by atoms with Crippen molar-refractivity contribution in [3.63, 3.8) is 0 Å². The number of piperazine rings is 1. The summed E-state index contributed by atoms with van der Waals surface area (Å²) in [7, 11) is 0. The SMILES string of the molecule is O=C(Nc1ccc(N2CCN(Cc3ccccc3Cl)CC2)c(Cl)c1)c1cc(Cl)ccc1Cl. The smallest absolute Gasteiger partial charge is 0.257 e. The molecule has 1 N–H and O–H groups in total. The minimum atomic E-state index is -0.338. The third-order valence-corrected chi connectivity index (χ3v) is 6.68. The zero-order valence-electron chi connectivity index (χ0n) is 17.1. The Morgan fingerprint density at radius 1 is 0.812 bits per heavy atom. The summed E-state index contributed by atoms with van der Waals surface area (Å²) in [5.74, 6) is -0.338. The molecule has 1 fully saturated rings. The van der Waals surface area contributed by atoms with Crippen LogP contribution in [0.3, 0.4) is 0 Å². The van der Waals surface area contributed by atoms with Crippen LogP contribution in [0.25, 0.3) is 0 Å². The zero-order chi connectivity index (χ0) is 22.7. The number of benzene rings is 3. The van der Waals surface area contributed by atoms with Gasteiger partial charge in [-0.1, -0.05) is 64.6 Å². The fourth-order valence-corrected chi connectivity index (χ4v) is 4.60. The van der Waals surface area contributed by atoms with Gasteiger partial charge in [-0.15, -0.1) is 0 Å². The van der Waals surface area contributed by atoms with Gasteiger partial charge in [-0.05, 0) is 48.0 Å². The van der Waals surface area contributed by atoms with Crippen molar-refractivity contribution >= 4 is 63.7 Å². The molecule has 0 bridgehead atoms. The summed E-state index contributed by atoms with van der Waals surface area (Å²) < 4.78 is 0. The first kappa shape index (κ1) is 23.2. The normalized spacial score (nSPS) is 14.4. The maximum Gasteiger partial charge on any atom is 0.257 e. The average Bonchev–Trinajstić information content (AvgIpc) is 2.78. The van der Waals surface area contributed by atoms with E-state index < -0.39 is 0 Å². The number of nitrogens with one attached hydrogen (secondary N) is 1. The molecule has 0 saturated carbocycles. The van der Waals surface area contributed by atoms with Gasteiger partial charge in [0.15, 0.2) is 0 Å². The second kappa shape index (κ2) is 10.3. The number of rotatable bonds is 5. The molecule has 8 heteroatoms. The minimum Gasteiger partial charge on any atom is -0.368 e. The molecule has 0 unspecified atom stereocenters. The molecule has 4 nitrogen and oxygen atoms in total. The number of halogens is 4. The number of carbonyl (C=O) groups excluding carboxylic acids is 1. The van der Waals surface area contributed by atoms with Crippen molar-refractivity contribution in [2.45, 2.75) is 6.54 Å². The van der Waals surface area contributed by atoms with Crippen LogP contribution in [0, 0.1) is 0 Å². The van der Waals surface area contributed by atoms with Crippen molar-refractivity contribution in [3.05, 3.63) is 91.9 Å². The summed E-state index contributed by atoms with van der Waals surface area (Å²) in [5.41, 5.74) is 2.99. The monoisotopic (exact) mass is 507 g/mol. The Balaban J connectivity index is 1.38. The van der Waals surface area contributed by atoms with Gasteiger partial charge in [0.2, 0.25) is 0 Å². The lowest BCUT2D eigenvalue weighted by Crippen LogP contribution is -2.46. The van der Waals surface area contributed by atoms with E-state index in [1.165, 1.54) is 6.07 Å². The highest BCUT2D eigenvalue weighted by atomic mass is 35.5. The van der Waals surface area contributed by atoms with E-state index in [1.54, 1.807) is 18.2 Å². The fourth-order valence-electron chi connectivity index (χ4n) is 3.73. The predicted octanol–water partition coefficient (Wildman–Crippen LogP) is 6.87. The fraction of sp³-hybridized carbons (Fsp3) is 0.208. The lowest BCUT2D eigenvalue weighted by atomic mass is 10.1. The molecule has 1 saturated heterocycles. The van der Waals surface area contributed by atoms with Gasteiger partial charge in [0.25, 0.3) is 5.91 Å². The standard InChI is InChI=1S/C24H21Cl4N3O/c25-17-5-7-21(27)19(13-17)24(32)29-18-6-8-23(22(28)14-18)31-11-9-30(10-12-31)15-16-3-1-2-4-20(16)26/h1-8,13-14H,9-12,15H2,(H,29,32). The van der Waals surface area contributed by atoms with Crippen LogP contribution >= 0.6 is 46.4 Å². The van der Waals surface area contributed by atoms with E-state index in [2.05, 4.69) is 21.2 Å². The molecule has 166 valence electrons. The van der Waals surface area contributed by atoms with Crippen molar-refractivity contribution in [1.29, 1.82) is 0 Å². The van der Waals surface area contributed by atoms with Gasteiger partial charge in [0, 0.05) is 48.5 Å². The van der Waals surface area contributed by atoms with Crippen LogP contribution < -0.4 is 10.2 Å². The Bertz CT molecular complexity index is 1130. The van der Waals surface area contributed by atoms with Gasteiger partial charge in [-0.3, -0.25) is 9.69 Å². The highest BCUT2D eigenvalue weighted by molar-refractivity contribution is 6.36. The first-order chi connectivity index (χ1) is 15.4. The number of anilines is 2. The number of nitrogens with zero attached hydrogens (tertiary/aromatic N) is 2. The lowest BCUT2D eigenvalue weighted by molar-refractivity contribution is 0.102. The summed E-state index contributed by atoms with van der Waals surface area (Å²) in [6, 6.07) is 18.2. The summed E-state index contributed by atoms with van der Waals surface area (Å²) in [6.07, 6.45) is 0. The first-order valence-corrected chi connectivity index (χ1v) is 11.7. The van der Waals surface area contributed by atoms with Crippen LogP contribution in [-0.2, 0) is 6.54 Å². The largest absolute Gasteiger partial charge is 0.368 e. The van der Waals surface area contributed by atoms with Crippen molar-refractivity contribution < 1.29 is 4.79 Å². The quantitative estimate of drug-likeness (QED) is 0.408. The van der Waals surface area contributed by atoms with Crippen molar-refractivity contribution in [3.8, 4) is 0 Å². The molecule has 1 amide bonds. The van der Waals surface area contributed by atoms with Gasteiger partial charge in [-0.25, -0.2) is 0 Å². The Kier molecular flexibility index (Phi) is 7.49. The second-order valence-electron chi connectivity index (χ2n) is 7.60. The van der Waals surface area contributed by atoms with E-state index in [-0.39, 0.29) is 5.91 Å². The molecule has 3 aromatic carbocycles. The number of amides is 1. The average molecular weight is 509 g/mol. The predicted molar refractivity (Wildman–Crippen MR) is 135 cm³/mol. The van der Waals surface area contributed by atoms with Crippen LogP contribution in [0.5, 0.6) is 0 Å². The molecular weight excluding hydrogens is 488 g/mol. The molecule has 0 radical (unpaired) electrons. The summed E-state index contributed by atoms with van der Waals surface area (Å²) in [6.45, 7) is 4.36. The van der Waals surface area contributed by atoms with Crippen LogP contribution in [0.15, 0.2) is 60.7 Å². The van der Waals surface area contributed by atoms with Crippen molar-refractivity contribution in [1.82, 2.24) is 4.90 Å². The number of carbonyl (C=O) groups is 1. The van der Waals surface area contributed by atoms with Gasteiger partial charge in [0.05, 0.1) is 21.3 Å². The number of hydrogen-bond donors (Lipinski definition) is 1. The molecule has 0 aromatic heterocycles. The third-order valence-electron chi connectivity index (χ3n) is 5.44. The van der Waals surface area contributed by atoms with Crippen LogP contribution in [0.4, 0.5) is 11.4 Å². The summed E-state index contributed by atoms with van der Waals surface area (Å²) >= 11 is 25.0. The molecule has 1 aliphatic heterocycles. The Morgan fingerprint density at radius 3 is 2.28 bits per heavy atom. The third kappa shape index (κ3) is 5.51. The lowest BCUT2D eigenvalue weighted by Gasteiger charge is -2.36. The van der Waals surface area contributed by atoms with Crippen LogP contribution in [0.2, 0.25) is 20.1 Å². The Labute approximate surface area is 207 Å². The maximum absolute atomic E-state index is 12.6. The topological polar surface area (TPSA) is 35.6 Å². The Hall–Kier alpha value is -1.95. The molecule has 0 spiro atoms. The van der Waals surface area contributed by atoms with E-state index in [9.17, 15) is 4.79 Å². The number of hydrogen-bond acceptors (Lipinski definition) is 3. The van der Waals surface area contributed by atoms with Gasteiger partial charge in [0.1, 0.15) is 0 Å². The van der Waals surface area contributed by atoms with E-state index in [4.69, 9.17) is 46.4 Å². The highest BCUT2D eigenvalue weighted by Gasteiger charge is 2.20. The van der Waals surface area contributed by atoms with E-state index in [0.29, 0.717) is 26.3 Å². The zero-order valence-corrected chi connectivity index (χ0v) is 20.1. The molecule has 0 aliphatic carbocycles. The van der Waals surface area contributed by atoms with Gasteiger partial charge < -0.3 is 10.2 Å². The second-order valence-corrected chi connectivity index (χ2v) is 9.26. The van der Waals surface area contributed by atoms with Gasteiger partial charge >= 0.3 is 0 Å². The van der Waals surface area contributed by atoms with E-state index in [0.717, 1.165) is 49.0 Å². The van der Waals surface area contributed by atoms with E-state index >= 15 is 0 Å². The van der Waals surface area contributed by atoms with Crippen LogP contribution in [0.1, 0.15) is 15.9 Å². The molecule has 4 rings (SSSR count).